The van der Waals surface area contributed by atoms with Crippen molar-refractivity contribution < 1.29 is 9.53 Å². The third-order valence-electron chi connectivity index (χ3n) is 4.21. The molecule has 0 spiro atoms. The number of nitrogens with zero attached hydrogens (tertiary/aromatic N) is 4. The first-order valence-corrected chi connectivity index (χ1v) is 7.64. The standard InChI is InChI=1S/C15H22N4O2/c1-12-9-14(17-11-16-12)19-4-2-3-13(10-19)15(20)18-5-7-21-8-6-18/h9,11,13H,2-8,10H2,1H3. The van der Waals surface area contributed by atoms with Gasteiger partial charge >= 0.3 is 0 Å². The molecule has 21 heavy (non-hydrogen) atoms. The van der Waals surface area contributed by atoms with Crippen molar-refractivity contribution in [2.24, 2.45) is 5.92 Å². The van der Waals surface area contributed by atoms with Crippen LogP contribution in [0.5, 0.6) is 0 Å². The largest absolute Gasteiger partial charge is 0.378 e. The monoisotopic (exact) mass is 290 g/mol. The van der Waals surface area contributed by atoms with Crippen LogP contribution in [0.15, 0.2) is 12.4 Å². The Hall–Kier alpha value is -1.69. The van der Waals surface area contributed by atoms with Gasteiger partial charge in [0.2, 0.25) is 5.91 Å². The summed E-state index contributed by atoms with van der Waals surface area (Å²) in [6.45, 7) is 6.45. The lowest BCUT2D eigenvalue weighted by Crippen LogP contribution is -2.48. The van der Waals surface area contributed by atoms with E-state index >= 15 is 0 Å². The Morgan fingerprint density at radius 2 is 2.10 bits per heavy atom. The van der Waals surface area contributed by atoms with Crippen molar-refractivity contribution in [1.82, 2.24) is 14.9 Å². The van der Waals surface area contributed by atoms with E-state index in [1.807, 2.05) is 17.9 Å². The molecule has 0 radical (unpaired) electrons. The van der Waals surface area contributed by atoms with E-state index in [0.29, 0.717) is 13.2 Å². The van der Waals surface area contributed by atoms with Gasteiger partial charge in [-0.05, 0) is 19.8 Å². The molecule has 114 valence electrons. The zero-order valence-corrected chi connectivity index (χ0v) is 12.5. The third-order valence-corrected chi connectivity index (χ3v) is 4.21. The van der Waals surface area contributed by atoms with Crippen molar-refractivity contribution in [2.75, 3.05) is 44.3 Å². The molecule has 3 heterocycles. The lowest BCUT2D eigenvalue weighted by molar-refractivity contribution is -0.139. The first kappa shape index (κ1) is 14.3. The van der Waals surface area contributed by atoms with Gasteiger partial charge in [0.1, 0.15) is 12.1 Å². The molecule has 6 nitrogen and oxygen atoms in total. The molecule has 2 aliphatic heterocycles. The molecule has 1 unspecified atom stereocenters. The molecule has 0 aromatic carbocycles. The summed E-state index contributed by atoms with van der Waals surface area (Å²) >= 11 is 0. The van der Waals surface area contributed by atoms with Crippen LogP contribution in [0.2, 0.25) is 0 Å². The lowest BCUT2D eigenvalue weighted by Gasteiger charge is -2.36. The Labute approximate surface area is 125 Å². The molecule has 0 saturated carbocycles. The molecule has 1 atom stereocenters. The minimum Gasteiger partial charge on any atom is -0.378 e. The van der Waals surface area contributed by atoms with Crippen LogP contribution < -0.4 is 4.90 Å². The van der Waals surface area contributed by atoms with Crippen LogP contribution in [0.3, 0.4) is 0 Å². The van der Waals surface area contributed by atoms with Crippen LogP contribution >= 0.6 is 0 Å². The predicted molar refractivity (Wildman–Crippen MR) is 79.1 cm³/mol. The quantitative estimate of drug-likeness (QED) is 0.808. The van der Waals surface area contributed by atoms with Crippen LogP contribution in [-0.4, -0.2) is 60.2 Å². The number of rotatable bonds is 2. The second kappa shape index (κ2) is 6.39. The summed E-state index contributed by atoms with van der Waals surface area (Å²) < 4.78 is 5.32. The van der Waals surface area contributed by atoms with Crippen molar-refractivity contribution in [2.45, 2.75) is 19.8 Å². The molecule has 1 amide bonds. The van der Waals surface area contributed by atoms with Crippen LogP contribution in [0.4, 0.5) is 5.82 Å². The highest BCUT2D eigenvalue weighted by atomic mass is 16.5. The fourth-order valence-corrected chi connectivity index (χ4v) is 3.04. The summed E-state index contributed by atoms with van der Waals surface area (Å²) in [5.41, 5.74) is 0.960. The minimum atomic E-state index is 0.0760. The Balaban J connectivity index is 1.66. The van der Waals surface area contributed by atoms with Crippen molar-refractivity contribution >= 4 is 11.7 Å². The smallest absolute Gasteiger partial charge is 0.227 e. The SMILES string of the molecule is Cc1cc(N2CCCC(C(=O)N3CCOCC3)C2)ncn1. The van der Waals surface area contributed by atoms with Crippen LogP contribution in [-0.2, 0) is 9.53 Å². The molecule has 0 aliphatic carbocycles. The average Bonchev–Trinajstić information content (AvgIpc) is 2.55. The van der Waals surface area contributed by atoms with E-state index in [1.165, 1.54) is 0 Å². The number of hydrogen-bond acceptors (Lipinski definition) is 5. The van der Waals surface area contributed by atoms with E-state index in [4.69, 9.17) is 4.74 Å². The third kappa shape index (κ3) is 3.32. The number of carbonyl (C=O) groups excluding carboxylic acids is 1. The fraction of sp³-hybridized carbons (Fsp3) is 0.667. The van der Waals surface area contributed by atoms with Gasteiger partial charge in [0.25, 0.3) is 0 Å². The highest BCUT2D eigenvalue weighted by molar-refractivity contribution is 5.79. The average molecular weight is 290 g/mol. The summed E-state index contributed by atoms with van der Waals surface area (Å²) in [6.07, 6.45) is 3.60. The maximum Gasteiger partial charge on any atom is 0.227 e. The van der Waals surface area contributed by atoms with E-state index < -0.39 is 0 Å². The van der Waals surface area contributed by atoms with Gasteiger partial charge in [-0.1, -0.05) is 0 Å². The van der Waals surface area contributed by atoms with E-state index in [-0.39, 0.29) is 11.8 Å². The number of amides is 1. The molecule has 0 N–H and O–H groups in total. The zero-order chi connectivity index (χ0) is 14.7. The second-order valence-corrected chi connectivity index (χ2v) is 5.74. The van der Waals surface area contributed by atoms with Gasteiger partial charge in [-0.25, -0.2) is 9.97 Å². The Morgan fingerprint density at radius 1 is 1.29 bits per heavy atom. The summed E-state index contributed by atoms with van der Waals surface area (Å²) in [7, 11) is 0. The maximum absolute atomic E-state index is 12.6. The molecular formula is C15H22N4O2. The molecule has 2 aliphatic rings. The van der Waals surface area contributed by atoms with Gasteiger partial charge in [0, 0.05) is 37.9 Å². The first-order valence-electron chi connectivity index (χ1n) is 7.64. The fourth-order valence-electron chi connectivity index (χ4n) is 3.04. The van der Waals surface area contributed by atoms with Gasteiger partial charge in [0.05, 0.1) is 19.1 Å². The van der Waals surface area contributed by atoms with Crippen molar-refractivity contribution in [1.29, 1.82) is 0 Å². The van der Waals surface area contributed by atoms with Crippen LogP contribution in [0.25, 0.3) is 0 Å². The lowest BCUT2D eigenvalue weighted by atomic mass is 9.96. The van der Waals surface area contributed by atoms with Gasteiger partial charge in [-0.15, -0.1) is 0 Å². The van der Waals surface area contributed by atoms with Crippen LogP contribution in [0, 0.1) is 12.8 Å². The molecule has 2 fully saturated rings. The second-order valence-electron chi connectivity index (χ2n) is 5.74. The molecule has 1 aromatic heterocycles. The van der Waals surface area contributed by atoms with Gasteiger partial charge in [-0.2, -0.15) is 0 Å². The number of morpholine rings is 1. The van der Waals surface area contributed by atoms with E-state index in [1.54, 1.807) is 6.33 Å². The number of carbonyl (C=O) groups is 1. The van der Waals surface area contributed by atoms with Crippen molar-refractivity contribution in [3.63, 3.8) is 0 Å². The highest BCUT2D eigenvalue weighted by Crippen LogP contribution is 2.23. The van der Waals surface area contributed by atoms with E-state index in [9.17, 15) is 4.79 Å². The maximum atomic E-state index is 12.6. The number of hydrogen-bond donors (Lipinski definition) is 0. The molecule has 3 rings (SSSR count). The molecule has 1 aromatic rings. The highest BCUT2D eigenvalue weighted by Gasteiger charge is 2.30. The topological polar surface area (TPSA) is 58.6 Å². The minimum absolute atomic E-state index is 0.0760. The van der Waals surface area contributed by atoms with Gasteiger partial charge in [-0.3, -0.25) is 4.79 Å². The summed E-state index contributed by atoms with van der Waals surface area (Å²) in [5.74, 6) is 1.28. The summed E-state index contributed by atoms with van der Waals surface area (Å²) in [4.78, 5) is 25.2. The summed E-state index contributed by atoms with van der Waals surface area (Å²) in [6, 6.07) is 1.99. The number of aryl methyl sites for hydroxylation is 1. The normalized spacial score (nSPS) is 23.2. The molecule has 6 heteroatoms. The van der Waals surface area contributed by atoms with Crippen molar-refractivity contribution in [3.05, 3.63) is 18.1 Å². The first-order chi connectivity index (χ1) is 10.2. The summed E-state index contributed by atoms with van der Waals surface area (Å²) in [5, 5.41) is 0. The van der Waals surface area contributed by atoms with E-state index in [2.05, 4.69) is 14.9 Å². The van der Waals surface area contributed by atoms with E-state index in [0.717, 1.165) is 50.5 Å². The molecular weight excluding hydrogens is 268 g/mol. The Morgan fingerprint density at radius 3 is 2.86 bits per heavy atom. The zero-order valence-electron chi connectivity index (χ0n) is 12.5. The Kier molecular flexibility index (Phi) is 4.34. The molecule has 2 saturated heterocycles. The van der Waals surface area contributed by atoms with Gasteiger partial charge in [0.15, 0.2) is 0 Å². The number of aromatic nitrogens is 2. The van der Waals surface area contributed by atoms with Crippen LogP contribution in [0.1, 0.15) is 18.5 Å². The van der Waals surface area contributed by atoms with Gasteiger partial charge < -0.3 is 14.5 Å². The Bertz CT molecular complexity index is 502. The number of piperidine rings is 1. The predicted octanol–water partition coefficient (Wildman–Crippen LogP) is 0.860. The number of ether oxygens (including phenoxy) is 1. The van der Waals surface area contributed by atoms with Crippen molar-refractivity contribution in [3.8, 4) is 0 Å². The number of anilines is 1. The molecule has 0 bridgehead atoms.